The van der Waals surface area contributed by atoms with E-state index in [1.54, 1.807) is 0 Å². The molecule has 1 heterocycles. The van der Waals surface area contributed by atoms with E-state index in [9.17, 15) is 17.6 Å². The van der Waals surface area contributed by atoms with Crippen molar-refractivity contribution in [1.29, 1.82) is 0 Å². The Morgan fingerprint density at radius 2 is 1.95 bits per heavy atom. The molecule has 0 fully saturated rings. The number of carbonyl (C=O) groups is 1. The predicted octanol–water partition coefficient (Wildman–Crippen LogP) is 2.56. The fourth-order valence-corrected chi connectivity index (χ4v) is 4.20. The Bertz CT molecular complexity index is 755. The number of methoxy groups -OCH3 is 1. The molecule has 2 rings (SSSR count). The summed E-state index contributed by atoms with van der Waals surface area (Å²) in [6.07, 6.45) is 0. The van der Waals surface area contributed by atoms with Gasteiger partial charge in [-0.2, -0.15) is 0 Å². The Balaban J connectivity index is 2.50. The average Bonchev–Trinajstić information content (AvgIpc) is 2.81. The number of nitrogens with zero attached hydrogens (tertiary/aromatic N) is 1. The van der Waals surface area contributed by atoms with Crippen molar-refractivity contribution in [3.63, 3.8) is 0 Å². The van der Waals surface area contributed by atoms with E-state index in [4.69, 9.17) is 11.6 Å². The van der Waals surface area contributed by atoms with Crippen LogP contribution >= 0.6 is 22.9 Å². The van der Waals surface area contributed by atoms with Crippen LogP contribution in [0.1, 0.15) is 9.67 Å². The van der Waals surface area contributed by atoms with E-state index in [0.29, 0.717) is 11.3 Å². The third kappa shape index (κ3) is 2.67. The SMILES string of the molecule is COC(=O)c1sc(S(=O)(=O)c2ccc(F)cc2)nc1Cl. The molecule has 0 spiro atoms. The molecule has 106 valence electrons. The Morgan fingerprint density at radius 3 is 2.50 bits per heavy atom. The van der Waals surface area contributed by atoms with Gasteiger partial charge >= 0.3 is 5.97 Å². The molecule has 0 saturated carbocycles. The number of rotatable bonds is 3. The van der Waals surface area contributed by atoms with E-state index in [2.05, 4.69) is 9.72 Å². The van der Waals surface area contributed by atoms with Crippen LogP contribution in [0.2, 0.25) is 5.15 Å². The number of thiazole rings is 1. The van der Waals surface area contributed by atoms with Gasteiger partial charge in [0.05, 0.1) is 12.0 Å². The Morgan fingerprint density at radius 1 is 1.35 bits per heavy atom. The Labute approximate surface area is 122 Å². The first-order valence-electron chi connectivity index (χ1n) is 5.11. The minimum absolute atomic E-state index is 0.102. The van der Waals surface area contributed by atoms with Gasteiger partial charge in [0, 0.05) is 0 Å². The van der Waals surface area contributed by atoms with Gasteiger partial charge in [-0.1, -0.05) is 22.9 Å². The maximum Gasteiger partial charge on any atom is 0.351 e. The molecule has 0 N–H and O–H groups in total. The van der Waals surface area contributed by atoms with Crippen molar-refractivity contribution in [2.24, 2.45) is 0 Å². The van der Waals surface area contributed by atoms with Crippen molar-refractivity contribution in [3.05, 3.63) is 40.1 Å². The highest BCUT2D eigenvalue weighted by molar-refractivity contribution is 7.93. The summed E-state index contributed by atoms with van der Waals surface area (Å²) in [5.74, 6) is -1.33. The third-order valence-electron chi connectivity index (χ3n) is 2.29. The lowest BCUT2D eigenvalue weighted by molar-refractivity contribution is 0.0606. The number of hydrogen-bond donors (Lipinski definition) is 0. The van der Waals surface area contributed by atoms with Crippen LogP contribution in [0, 0.1) is 5.82 Å². The number of esters is 1. The predicted molar refractivity (Wildman–Crippen MR) is 70.3 cm³/mol. The van der Waals surface area contributed by atoms with Crippen molar-refractivity contribution >= 4 is 38.7 Å². The zero-order valence-corrected chi connectivity index (χ0v) is 12.4. The lowest BCUT2D eigenvalue weighted by Crippen LogP contribution is -2.01. The first-order chi connectivity index (χ1) is 9.36. The molecule has 0 bridgehead atoms. The summed E-state index contributed by atoms with van der Waals surface area (Å²) in [4.78, 5) is 14.8. The van der Waals surface area contributed by atoms with Crippen LogP contribution in [0.25, 0.3) is 0 Å². The molecule has 0 aliphatic heterocycles. The maximum absolute atomic E-state index is 12.8. The van der Waals surface area contributed by atoms with E-state index in [1.807, 2.05) is 0 Å². The van der Waals surface area contributed by atoms with E-state index in [0.717, 1.165) is 31.4 Å². The summed E-state index contributed by atoms with van der Waals surface area (Å²) >= 11 is 6.31. The monoisotopic (exact) mass is 335 g/mol. The summed E-state index contributed by atoms with van der Waals surface area (Å²) in [6, 6.07) is 4.25. The van der Waals surface area contributed by atoms with Crippen molar-refractivity contribution in [3.8, 4) is 0 Å². The van der Waals surface area contributed by atoms with Gasteiger partial charge in [0.15, 0.2) is 10.0 Å². The molecular formula is C11H7ClFNO4S2. The first kappa shape index (κ1) is 14.9. The number of ether oxygens (including phenoxy) is 1. The van der Waals surface area contributed by atoms with Gasteiger partial charge in [-0.05, 0) is 24.3 Å². The van der Waals surface area contributed by atoms with Crippen molar-refractivity contribution in [1.82, 2.24) is 4.98 Å². The van der Waals surface area contributed by atoms with Gasteiger partial charge in [0.1, 0.15) is 5.82 Å². The van der Waals surface area contributed by atoms with Crippen molar-refractivity contribution < 1.29 is 22.3 Å². The number of benzene rings is 1. The van der Waals surface area contributed by atoms with Crippen LogP contribution in [0.4, 0.5) is 4.39 Å². The standard InChI is InChI=1S/C11H7ClFNO4S2/c1-18-10(15)8-9(12)14-11(19-8)20(16,17)7-4-2-6(13)3-5-7/h2-5H,1H3. The second-order valence-electron chi connectivity index (χ2n) is 3.55. The third-order valence-corrected chi connectivity index (χ3v) is 5.86. The van der Waals surface area contributed by atoms with E-state index < -0.39 is 21.6 Å². The molecule has 0 radical (unpaired) electrons. The second kappa shape index (κ2) is 5.47. The zero-order valence-electron chi connectivity index (χ0n) is 9.96. The van der Waals surface area contributed by atoms with Gasteiger partial charge in [-0.25, -0.2) is 22.6 Å². The first-order valence-corrected chi connectivity index (χ1v) is 7.79. The fourth-order valence-electron chi connectivity index (χ4n) is 1.33. The molecule has 9 heteroatoms. The normalized spacial score (nSPS) is 11.3. The van der Waals surface area contributed by atoms with Crippen LogP contribution in [0.5, 0.6) is 0 Å². The molecule has 1 aromatic heterocycles. The minimum atomic E-state index is -3.95. The summed E-state index contributed by atoms with van der Waals surface area (Å²) in [5.41, 5.74) is 0. The molecule has 0 atom stereocenters. The topological polar surface area (TPSA) is 73.3 Å². The van der Waals surface area contributed by atoms with Gasteiger partial charge in [-0.3, -0.25) is 0 Å². The fraction of sp³-hybridized carbons (Fsp3) is 0.0909. The smallest absolute Gasteiger partial charge is 0.351 e. The Hall–Kier alpha value is -1.51. The van der Waals surface area contributed by atoms with Gasteiger partial charge in [0.2, 0.25) is 14.2 Å². The molecule has 20 heavy (non-hydrogen) atoms. The van der Waals surface area contributed by atoms with Gasteiger partial charge < -0.3 is 4.74 Å². The van der Waals surface area contributed by atoms with Crippen LogP contribution in [0.3, 0.4) is 0 Å². The molecule has 0 aliphatic carbocycles. The Kier molecular flexibility index (Phi) is 4.07. The molecule has 1 aromatic carbocycles. The average molecular weight is 336 g/mol. The molecule has 0 amide bonds. The number of sulfone groups is 1. The summed E-state index contributed by atoms with van der Waals surface area (Å²) in [5, 5.41) is -0.248. The molecule has 0 saturated heterocycles. The van der Waals surface area contributed by atoms with E-state index >= 15 is 0 Å². The van der Waals surface area contributed by atoms with Crippen LogP contribution in [0.15, 0.2) is 33.5 Å². The van der Waals surface area contributed by atoms with Crippen LogP contribution < -0.4 is 0 Å². The van der Waals surface area contributed by atoms with Crippen molar-refractivity contribution in [2.45, 2.75) is 9.24 Å². The minimum Gasteiger partial charge on any atom is -0.465 e. The van der Waals surface area contributed by atoms with Gasteiger partial charge in [-0.15, -0.1) is 0 Å². The lowest BCUT2D eigenvalue weighted by Gasteiger charge is -1.99. The highest BCUT2D eigenvalue weighted by Gasteiger charge is 2.26. The van der Waals surface area contributed by atoms with Crippen molar-refractivity contribution in [2.75, 3.05) is 7.11 Å². The number of hydrogen-bond acceptors (Lipinski definition) is 6. The summed E-state index contributed by atoms with van der Waals surface area (Å²) in [6.45, 7) is 0. The zero-order chi connectivity index (χ0) is 14.9. The summed E-state index contributed by atoms with van der Waals surface area (Å²) in [7, 11) is -2.81. The maximum atomic E-state index is 12.8. The number of carbonyl (C=O) groups excluding carboxylic acids is 1. The molecule has 2 aromatic rings. The molecular weight excluding hydrogens is 329 g/mol. The quantitative estimate of drug-likeness (QED) is 0.636. The lowest BCUT2D eigenvalue weighted by atomic mass is 10.4. The molecule has 5 nitrogen and oxygen atoms in total. The number of aromatic nitrogens is 1. The number of halogens is 2. The largest absolute Gasteiger partial charge is 0.465 e. The molecule has 0 aliphatic rings. The van der Waals surface area contributed by atoms with Gasteiger partial charge in [0.25, 0.3) is 0 Å². The van der Waals surface area contributed by atoms with E-state index in [-0.39, 0.29) is 19.3 Å². The highest BCUT2D eigenvalue weighted by atomic mass is 35.5. The molecule has 0 unspecified atom stereocenters. The second-order valence-corrected chi connectivity index (χ2v) is 7.03. The van der Waals surface area contributed by atoms with Crippen LogP contribution in [-0.2, 0) is 14.6 Å². The van der Waals surface area contributed by atoms with Crippen LogP contribution in [-0.4, -0.2) is 26.5 Å². The van der Waals surface area contributed by atoms with E-state index in [1.165, 1.54) is 0 Å². The summed E-state index contributed by atoms with van der Waals surface area (Å²) < 4.78 is 41.4. The highest BCUT2D eigenvalue weighted by Crippen LogP contribution is 2.30.